The summed E-state index contributed by atoms with van der Waals surface area (Å²) in [6.45, 7) is 1.85. The second-order valence-electron chi connectivity index (χ2n) is 4.68. The molecular weight excluding hydrogens is 316 g/mol. The van der Waals surface area contributed by atoms with Crippen LogP contribution in [0.3, 0.4) is 0 Å². The van der Waals surface area contributed by atoms with Crippen molar-refractivity contribution >= 4 is 34.2 Å². The summed E-state index contributed by atoms with van der Waals surface area (Å²) in [6.07, 6.45) is 2.40. The van der Waals surface area contributed by atoms with Crippen molar-refractivity contribution in [2.45, 2.75) is 38.3 Å². The summed E-state index contributed by atoms with van der Waals surface area (Å²) in [5.41, 5.74) is 8.18. The van der Waals surface area contributed by atoms with Gasteiger partial charge in [0.1, 0.15) is 0 Å². The fraction of sp³-hybridized carbons (Fsp3) is 0.462. The molecule has 0 aliphatic heterocycles. The highest BCUT2D eigenvalue weighted by molar-refractivity contribution is 9.10. The zero-order chi connectivity index (χ0) is 12.4. The first kappa shape index (κ1) is 15.5. The van der Waals surface area contributed by atoms with E-state index in [0.717, 1.165) is 17.3 Å². The Labute approximate surface area is 122 Å². The molecule has 1 aromatic rings. The van der Waals surface area contributed by atoms with Gasteiger partial charge in [0.2, 0.25) is 5.91 Å². The van der Waals surface area contributed by atoms with E-state index in [0.29, 0.717) is 6.42 Å². The van der Waals surface area contributed by atoms with Gasteiger partial charge >= 0.3 is 0 Å². The fourth-order valence-electron chi connectivity index (χ4n) is 2.28. The molecule has 2 atom stereocenters. The van der Waals surface area contributed by atoms with Crippen LogP contribution >= 0.6 is 28.3 Å². The van der Waals surface area contributed by atoms with Crippen LogP contribution in [-0.4, -0.2) is 11.9 Å². The average Bonchev–Trinajstić information content (AvgIpc) is 2.59. The topological polar surface area (TPSA) is 55.1 Å². The molecule has 3 N–H and O–H groups in total. The average molecular weight is 334 g/mol. The Balaban J connectivity index is 0.00000162. The number of amides is 1. The highest BCUT2D eigenvalue weighted by Gasteiger charge is 2.23. The van der Waals surface area contributed by atoms with Gasteiger partial charge in [-0.25, -0.2) is 0 Å². The molecule has 0 fully saturated rings. The molecule has 1 aliphatic carbocycles. The summed E-state index contributed by atoms with van der Waals surface area (Å²) in [7, 11) is 0. The molecule has 1 aliphatic rings. The Morgan fingerprint density at radius 3 is 3.00 bits per heavy atom. The van der Waals surface area contributed by atoms with Gasteiger partial charge in [-0.2, -0.15) is 0 Å². The van der Waals surface area contributed by atoms with E-state index in [9.17, 15) is 4.79 Å². The summed E-state index contributed by atoms with van der Waals surface area (Å²) in [6, 6.07) is 6.32. The van der Waals surface area contributed by atoms with Crippen molar-refractivity contribution in [1.29, 1.82) is 0 Å². The number of carbonyl (C=O) groups is 1. The number of carbonyl (C=O) groups excluding carboxylic acids is 1. The van der Waals surface area contributed by atoms with Crippen LogP contribution < -0.4 is 11.1 Å². The van der Waals surface area contributed by atoms with Gasteiger partial charge in [0.05, 0.1) is 6.04 Å². The quantitative estimate of drug-likeness (QED) is 0.893. The minimum absolute atomic E-state index is 0. The number of hydrogen-bond donors (Lipinski definition) is 2. The lowest BCUT2D eigenvalue weighted by Crippen LogP contribution is -2.32. The van der Waals surface area contributed by atoms with E-state index < -0.39 is 0 Å². The van der Waals surface area contributed by atoms with Crippen molar-refractivity contribution in [1.82, 2.24) is 5.32 Å². The lowest BCUT2D eigenvalue weighted by Gasteiger charge is -2.15. The number of benzene rings is 1. The number of hydrogen-bond acceptors (Lipinski definition) is 2. The van der Waals surface area contributed by atoms with E-state index in [1.807, 2.05) is 13.0 Å². The van der Waals surface area contributed by atoms with E-state index in [2.05, 4.69) is 33.4 Å². The molecule has 1 amide bonds. The Kier molecular flexibility index (Phi) is 5.63. The molecule has 5 heteroatoms. The summed E-state index contributed by atoms with van der Waals surface area (Å²) in [5.74, 6) is 0.0424. The minimum atomic E-state index is -0.0826. The van der Waals surface area contributed by atoms with Gasteiger partial charge in [0, 0.05) is 16.9 Å². The van der Waals surface area contributed by atoms with E-state index >= 15 is 0 Å². The number of nitrogens with two attached hydrogens (primary N) is 1. The first-order valence-electron chi connectivity index (χ1n) is 5.89. The third-order valence-corrected chi connectivity index (χ3v) is 3.52. The van der Waals surface area contributed by atoms with Crippen molar-refractivity contribution in [3.63, 3.8) is 0 Å². The highest BCUT2D eigenvalue weighted by atomic mass is 79.9. The third-order valence-electron chi connectivity index (χ3n) is 3.03. The summed E-state index contributed by atoms with van der Waals surface area (Å²) in [4.78, 5) is 11.7. The number of halogens is 2. The van der Waals surface area contributed by atoms with Crippen LogP contribution in [0.5, 0.6) is 0 Å². The SMILES string of the molecule is CC(N)CC(=O)NC1CCc2cc(Br)ccc21.Cl. The summed E-state index contributed by atoms with van der Waals surface area (Å²) in [5, 5.41) is 3.05. The second-order valence-corrected chi connectivity index (χ2v) is 5.60. The lowest BCUT2D eigenvalue weighted by atomic mass is 10.1. The van der Waals surface area contributed by atoms with Crippen LogP contribution in [0.1, 0.15) is 36.9 Å². The van der Waals surface area contributed by atoms with Crippen molar-refractivity contribution in [3.8, 4) is 0 Å². The molecule has 0 spiro atoms. The van der Waals surface area contributed by atoms with Gasteiger partial charge in [-0.15, -0.1) is 12.4 Å². The molecule has 0 saturated heterocycles. The van der Waals surface area contributed by atoms with E-state index in [1.165, 1.54) is 11.1 Å². The van der Waals surface area contributed by atoms with Gasteiger partial charge in [0.15, 0.2) is 0 Å². The first-order valence-corrected chi connectivity index (χ1v) is 6.69. The van der Waals surface area contributed by atoms with Crippen LogP contribution in [0.15, 0.2) is 22.7 Å². The molecule has 0 aromatic heterocycles. The molecule has 3 nitrogen and oxygen atoms in total. The van der Waals surface area contributed by atoms with Crippen molar-refractivity contribution in [2.75, 3.05) is 0 Å². The fourth-order valence-corrected chi connectivity index (χ4v) is 2.69. The molecule has 0 saturated carbocycles. The maximum Gasteiger partial charge on any atom is 0.222 e. The Bertz CT molecular complexity index is 437. The predicted molar refractivity (Wildman–Crippen MR) is 78.9 cm³/mol. The molecule has 18 heavy (non-hydrogen) atoms. The van der Waals surface area contributed by atoms with Gasteiger partial charge in [-0.3, -0.25) is 4.79 Å². The van der Waals surface area contributed by atoms with Crippen LogP contribution in [-0.2, 0) is 11.2 Å². The number of fused-ring (bicyclic) bond motifs is 1. The first-order chi connectivity index (χ1) is 8.06. The Hall–Kier alpha value is -0.580. The van der Waals surface area contributed by atoms with Crippen molar-refractivity contribution in [3.05, 3.63) is 33.8 Å². The molecule has 0 heterocycles. The van der Waals surface area contributed by atoms with E-state index in [1.54, 1.807) is 0 Å². The van der Waals surface area contributed by atoms with Crippen LogP contribution in [0.25, 0.3) is 0 Å². The maximum absolute atomic E-state index is 11.7. The zero-order valence-corrected chi connectivity index (χ0v) is 12.7. The van der Waals surface area contributed by atoms with Crippen LogP contribution in [0.2, 0.25) is 0 Å². The smallest absolute Gasteiger partial charge is 0.222 e. The summed E-state index contributed by atoms with van der Waals surface area (Å²) < 4.78 is 1.10. The molecule has 2 unspecified atom stereocenters. The standard InChI is InChI=1S/C13H17BrN2O.ClH/c1-8(15)6-13(17)16-12-5-2-9-7-10(14)3-4-11(9)12;/h3-4,7-8,12H,2,5-6,15H2,1H3,(H,16,17);1H. The van der Waals surface area contributed by atoms with Crippen molar-refractivity contribution < 1.29 is 4.79 Å². The van der Waals surface area contributed by atoms with E-state index in [4.69, 9.17) is 5.73 Å². The highest BCUT2D eigenvalue weighted by Crippen LogP contribution is 2.32. The normalized spacial score (nSPS) is 18.7. The molecule has 100 valence electrons. The summed E-state index contributed by atoms with van der Waals surface area (Å²) >= 11 is 3.46. The van der Waals surface area contributed by atoms with Gasteiger partial charge in [0.25, 0.3) is 0 Å². The second kappa shape index (κ2) is 6.55. The molecule has 0 radical (unpaired) electrons. The molecule has 1 aromatic carbocycles. The van der Waals surface area contributed by atoms with E-state index in [-0.39, 0.29) is 30.4 Å². The van der Waals surface area contributed by atoms with Gasteiger partial charge in [-0.05, 0) is 43.0 Å². The van der Waals surface area contributed by atoms with Crippen LogP contribution in [0, 0.1) is 0 Å². The molecule has 2 rings (SSSR count). The third kappa shape index (κ3) is 3.70. The monoisotopic (exact) mass is 332 g/mol. The number of rotatable bonds is 3. The minimum Gasteiger partial charge on any atom is -0.349 e. The Morgan fingerprint density at radius 1 is 1.61 bits per heavy atom. The largest absolute Gasteiger partial charge is 0.349 e. The number of nitrogens with one attached hydrogen (secondary N) is 1. The Morgan fingerprint density at radius 2 is 2.33 bits per heavy atom. The maximum atomic E-state index is 11.7. The predicted octanol–water partition coefficient (Wildman–Crippen LogP) is 2.71. The molecular formula is C13H18BrClN2O. The van der Waals surface area contributed by atoms with Crippen LogP contribution in [0.4, 0.5) is 0 Å². The molecule has 0 bridgehead atoms. The zero-order valence-electron chi connectivity index (χ0n) is 10.3. The van der Waals surface area contributed by atoms with Gasteiger partial charge < -0.3 is 11.1 Å². The van der Waals surface area contributed by atoms with Gasteiger partial charge in [-0.1, -0.05) is 22.0 Å². The lowest BCUT2D eigenvalue weighted by molar-refractivity contribution is -0.122. The number of aryl methyl sites for hydroxylation is 1. The van der Waals surface area contributed by atoms with Crippen molar-refractivity contribution in [2.24, 2.45) is 5.73 Å².